The molecule has 0 radical (unpaired) electrons. The van der Waals surface area contributed by atoms with Gasteiger partial charge in [0.05, 0.1) is 0 Å². The molecular formula is C10H16N2. The second-order valence-corrected chi connectivity index (χ2v) is 3.14. The smallest absolute Gasteiger partial charge is 0.0402 e. The maximum atomic E-state index is 4.04. The summed E-state index contributed by atoms with van der Waals surface area (Å²) in [6.07, 6.45) is 4.84. The Hall–Kier alpha value is -1.05. The number of hydrogen-bond donors (Lipinski definition) is 1. The molecule has 0 aliphatic heterocycles. The Morgan fingerprint density at radius 1 is 1.58 bits per heavy atom. The molecule has 1 aromatic heterocycles. The zero-order chi connectivity index (χ0) is 8.97. The molecule has 1 rings (SSSR count). The molecule has 2 nitrogen and oxygen atoms in total. The highest BCUT2D eigenvalue weighted by atomic mass is 14.9. The van der Waals surface area contributed by atoms with Gasteiger partial charge in [-0.15, -0.1) is 0 Å². The molecule has 1 aromatic rings. The molecular weight excluding hydrogens is 148 g/mol. The average molecular weight is 164 g/mol. The van der Waals surface area contributed by atoms with Crippen molar-refractivity contribution in [2.45, 2.75) is 33.2 Å². The van der Waals surface area contributed by atoms with E-state index in [2.05, 4.69) is 31.1 Å². The van der Waals surface area contributed by atoms with Crippen molar-refractivity contribution < 1.29 is 0 Å². The van der Waals surface area contributed by atoms with Gasteiger partial charge in [-0.05, 0) is 31.9 Å². The van der Waals surface area contributed by atoms with Crippen molar-refractivity contribution in [1.29, 1.82) is 0 Å². The molecule has 12 heavy (non-hydrogen) atoms. The highest BCUT2D eigenvalue weighted by Crippen LogP contribution is 2.13. The molecule has 1 N–H and O–H groups in total. The summed E-state index contributed by atoms with van der Waals surface area (Å²) in [6.45, 7) is 6.42. The van der Waals surface area contributed by atoms with E-state index < -0.39 is 0 Å². The van der Waals surface area contributed by atoms with Gasteiger partial charge >= 0.3 is 0 Å². The lowest BCUT2D eigenvalue weighted by atomic mass is 10.2. The molecule has 0 saturated carbocycles. The van der Waals surface area contributed by atoms with Crippen LogP contribution in [0.4, 0.5) is 5.69 Å². The zero-order valence-corrected chi connectivity index (χ0v) is 7.96. The number of nitrogens with zero attached hydrogens (tertiary/aromatic N) is 1. The summed E-state index contributed by atoms with van der Waals surface area (Å²) >= 11 is 0. The molecule has 0 bridgehead atoms. The number of nitrogens with one attached hydrogen (secondary N) is 1. The van der Waals surface area contributed by atoms with Crippen molar-refractivity contribution in [1.82, 2.24) is 4.98 Å². The number of aryl methyl sites for hydroxylation is 1. The predicted molar refractivity (Wildman–Crippen MR) is 52.3 cm³/mol. The van der Waals surface area contributed by atoms with Gasteiger partial charge in [-0.1, -0.05) is 6.92 Å². The van der Waals surface area contributed by atoms with Crippen LogP contribution in [0.5, 0.6) is 0 Å². The van der Waals surface area contributed by atoms with Crippen LogP contribution in [0.25, 0.3) is 0 Å². The Bertz CT molecular complexity index is 245. The number of anilines is 1. The van der Waals surface area contributed by atoms with Gasteiger partial charge in [0.1, 0.15) is 0 Å². The average Bonchev–Trinajstić information content (AvgIpc) is 2.09. The minimum Gasteiger partial charge on any atom is -0.382 e. The highest BCUT2D eigenvalue weighted by molar-refractivity contribution is 5.49. The van der Waals surface area contributed by atoms with Crippen molar-refractivity contribution in [3.63, 3.8) is 0 Å². The minimum absolute atomic E-state index is 0.533. The Morgan fingerprint density at radius 2 is 2.33 bits per heavy atom. The van der Waals surface area contributed by atoms with E-state index in [4.69, 9.17) is 0 Å². The molecule has 0 aromatic carbocycles. The zero-order valence-electron chi connectivity index (χ0n) is 7.96. The molecule has 1 unspecified atom stereocenters. The van der Waals surface area contributed by atoms with Crippen LogP contribution in [0, 0.1) is 6.92 Å². The van der Waals surface area contributed by atoms with Crippen LogP contribution in [0.1, 0.15) is 25.8 Å². The normalized spacial score (nSPS) is 12.6. The van der Waals surface area contributed by atoms with Gasteiger partial charge in [0, 0.05) is 24.1 Å². The summed E-state index contributed by atoms with van der Waals surface area (Å²) in [6, 6.07) is 2.55. The highest BCUT2D eigenvalue weighted by Gasteiger charge is 2.00. The Kier molecular flexibility index (Phi) is 3.09. The van der Waals surface area contributed by atoms with Gasteiger partial charge in [0.15, 0.2) is 0 Å². The first-order valence-corrected chi connectivity index (χ1v) is 4.41. The molecule has 66 valence electrons. The summed E-state index contributed by atoms with van der Waals surface area (Å²) < 4.78 is 0. The Labute approximate surface area is 74.0 Å². The van der Waals surface area contributed by atoms with Gasteiger partial charge in [-0.3, -0.25) is 4.98 Å². The third-order valence-electron chi connectivity index (χ3n) is 2.03. The quantitative estimate of drug-likeness (QED) is 0.742. The third-order valence-corrected chi connectivity index (χ3v) is 2.03. The number of pyridine rings is 1. The van der Waals surface area contributed by atoms with E-state index in [1.54, 1.807) is 0 Å². The van der Waals surface area contributed by atoms with E-state index in [0.717, 1.165) is 6.42 Å². The van der Waals surface area contributed by atoms with Crippen molar-refractivity contribution >= 4 is 5.69 Å². The van der Waals surface area contributed by atoms with Crippen LogP contribution in [0.15, 0.2) is 18.5 Å². The van der Waals surface area contributed by atoms with Crippen molar-refractivity contribution in [3.05, 3.63) is 24.0 Å². The Balaban J connectivity index is 2.69. The summed E-state index contributed by atoms with van der Waals surface area (Å²) in [5, 5.41) is 3.42. The fourth-order valence-corrected chi connectivity index (χ4v) is 1.00. The minimum atomic E-state index is 0.533. The molecule has 0 fully saturated rings. The first-order chi connectivity index (χ1) is 5.74. The molecule has 0 saturated heterocycles. The van der Waals surface area contributed by atoms with E-state index in [1.807, 2.05) is 18.5 Å². The van der Waals surface area contributed by atoms with E-state index in [0.29, 0.717) is 6.04 Å². The van der Waals surface area contributed by atoms with Gasteiger partial charge in [0.25, 0.3) is 0 Å². The fraction of sp³-hybridized carbons (Fsp3) is 0.500. The molecule has 1 atom stereocenters. The maximum absolute atomic E-state index is 4.04. The first kappa shape index (κ1) is 9.04. The van der Waals surface area contributed by atoms with E-state index in [1.165, 1.54) is 11.3 Å². The predicted octanol–water partition coefficient (Wildman–Crippen LogP) is 2.60. The standard InChI is InChI=1S/C10H16N2/c1-4-9(3)12-10-5-6-11-7-8(10)2/h5-7,9H,4H2,1-3H3,(H,11,12). The molecule has 1 heterocycles. The molecule has 0 spiro atoms. The van der Waals surface area contributed by atoms with Crippen molar-refractivity contribution in [2.24, 2.45) is 0 Å². The molecule has 0 aliphatic carbocycles. The van der Waals surface area contributed by atoms with E-state index in [-0.39, 0.29) is 0 Å². The monoisotopic (exact) mass is 164 g/mol. The first-order valence-electron chi connectivity index (χ1n) is 4.41. The summed E-state index contributed by atoms with van der Waals surface area (Å²) in [5.41, 5.74) is 2.40. The lowest BCUT2D eigenvalue weighted by molar-refractivity contribution is 0.763. The van der Waals surface area contributed by atoms with Gasteiger partial charge in [-0.25, -0.2) is 0 Å². The summed E-state index contributed by atoms with van der Waals surface area (Å²) in [5.74, 6) is 0. The number of hydrogen-bond acceptors (Lipinski definition) is 2. The maximum Gasteiger partial charge on any atom is 0.0402 e. The fourth-order valence-electron chi connectivity index (χ4n) is 1.00. The summed E-state index contributed by atoms with van der Waals surface area (Å²) in [7, 11) is 0. The lowest BCUT2D eigenvalue weighted by Crippen LogP contribution is -2.14. The van der Waals surface area contributed by atoms with Crippen LogP contribution in [0.3, 0.4) is 0 Å². The second-order valence-electron chi connectivity index (χ2n) is 3.14. The van der Waals surface area contributed by atoms with Crippen molar-refractivity contribution in [3.8, 4) is 0 Å². The molecule has 2 heteroatoms. The molecule has 0 aliphatic rings. The van der Waals surface area contributed by atoms with Crippen LogP contribution >= 0.6 is 0 Å². The number of rotatable bonds is 3. The lowest BCUT2D eigenvalue weighted by Gasteiger charge is -2.14. The van der Waals surface area contributed by atoms with Gasteiger partial charge in [-0.2, -0.15) is 0 Å². The number of aromatic nitrogens is 1. The van der Waals surface area contributed by atoms with Crippen LogP contribution in [-0.2, 0) is 0 Å². The molecule has 0 amide bonds. The SMILES string of the molecule is CCC(C)Nc1ccncc1C. The van der Waals surface area contributed by atoms with Crippen LogP contribution < -0.4 is 5.32 Å². The van der Waals surface area contributed by atoms with Gasteiger partial charge < -0.3 is 5.32 Å². The largest absolute Gasteiger partial charge is 0.382 e. The third kappa shape index (κ3) is 2.22. The van der Waals surface area contributed by atoms with E-state index in [9.17, 15) is 0 Å². The van der Waals surface area contributed by atoms with E-state index >= 15 is 0 Å². The Morgan fingerprint density at radius 3 is 2.92 bits per heavy atom. The topological polar surface area (TPSA) is 24.9 Å². The van der Waals surface area contributed by atoms with Crippen LogP contribution in [0.2, 0.25) is 0 Å². The van der Waals surface area contributed by atoms with Gasteiger partial charge in [0.2, 0.25) is 0 Å². The van der Waals surface area contributed by atoms with Crippen molar-refractivity contribution in [2.75, 3.05) is 5.32 Å². The van der Waals surface area contributed by atoms with Crippen LogP contribution in [-0.4, -0.2) is 11.0 Å². The summed E-state index contributed by atoms with van der Waals surface area (Å²) in [4.78, 5) is 4.04. The second kappa shape index (κ2) is 4.10.